The van der Waals surface area contributed by atoms with Crippen molar-refractivity contribution in [3.63, 3.8) is 0 Å². The van der Waals surface area contributed by atoms with Crippen LogP contribution in [0.4, 0.5) is 15.7 Å². The first-order valence-electron chi connectivity index (χ1n) is 4.72. The van der Waals surface area contributed by atoms with Crippen molar-refractivity contribution >= 4 is 27.0 Å². The Balaban J connectivity index is 2.87. The van der Waals surface area contributed by atoms with E-state index < -0.39 is 9.85 Å². The first-order chi connectivity index (χ1) is 7.56. The van der Waals surface area contributed by atoms with Crippen LogP contribution in [0.1, 0.15) is 19.8 Å². The lowest BCUT2D eigenvalue weighted by Gasteiger charge is -2.00. The highest BCUT2D eigenvalue weighted by Gasteiger charge is 2.24. The van der Waals surface area contributed by atoms with E-state index in [2.05, 4.69) is 5.32 Å². The zero-order valence-electron chi connectivity index (χ0n) is 8.63. The van der Waals surface area contributed by atoms with E-state index in [0.717, 1.165) is 30.2 Å². The van der Waals surface area contributed by atoms with E-state index in [-0.39, 0.29) is 15.7 Å². The monoisotopic (exact) mass is 245 g/mol. The number of hydrogen-bond donors (Lipinski definition) is 1. The molecule has 0 aliphatic rings. The summed E-state index contributed by atoms with van der Waals surface area (Å²) in [7, 11) is 0. The van der Waals surface area contributed by atoms with E-state index in [1.807, 2.05) is 6.92 Å². The SMILES string of the molecule is CCCCNc1sc([N+](=O)[O-])cc1[N+](=O)[O-]. The van der Waals surface area contributed by atoms with Gasteiger partial charge in [0.25, 0.3) is 0 Å². The molecule has 0 fully saturated rings. The van der Waals surface area contributed by atoms with Gasteiger partial charge in [0.05, 0.1) is 9.85 Å². The van der Waals surface area contributed by atoms with E-state index in [1.165, 1.54) is 0 Å². The molecule has 0 radical (unpaired) electrons. The van der Waals surface area contributed by atoms with Crippen LogP contribution in [0.2, 0.25) is 0 Å². The van der Waals surface area contributed by atoms with Crippen molar-refractivity contribution in [2.45, 2.75) is 19.8 Å². The third kappa shape index (κ3) is 2.89. The quantitative estimate of drug-likeness (QED) is 0.472. The molecule has 0 aromatic carbocycles. The van der Waals surface area contributed by atoms with Gasteiger partial charge < -0.3 is 5.32 Å². The second-order valence-corrected chi connectivity index (χ2v) is 4.12. The van der Waals surface area contributed by atoms with Gasteiger partial charge in [-0.3, -0.25) is 20.2 Å². The van der Waals surface area contributed by atoms with Gasteiger partial charge in [-0.1, -0.05) is 13.3 Å². The lowest BCUT2D eigenvalue weighted by atomic mass is 10.3. The number of anilines is 1. The number of unbranched alkanes of at least 4 members (excludes halogenated alkanes) is 1. The van der Waals surface area contributed by atoms with Crippen LogP contribution in [-0.2, 0) is 0 Å². The van der Waals surface area contributed by atoms with Gasteiger partial charge in [-0.15, -0.1) is 0 Å². The number of nitro groups is 2. The van der Waals surface area contributed by atoms with Gasteiger partial charge in [0.2, 0.25) is 0 Å². The van der Waals surface area contributed by atoms with Crippen molar-refractivity contribution in [2.24, 2.45) is 0 Å². The molecule has 0 atom stereocenters. The third-order valence-electron chi connectivity index (χ3n) is 1.89. The minimum Gasteiger partial charge on any atom is -0.371 e. The lowest BCUT2D eigenvalue weighted by molar-refractivity contribution is -0.389. The van der Waals surface area contributed by atoms with Gasteiger partial charge in [0, 0.05) is 6.54 Å². The van der Waals surface area contributed by atoms with Crippen LogP contribution in [0, 0.1) is 20.2 Å². The fourth-order valence-electron chi connectivity index (χ4n) is 1.10. The Kier molecular flexibility index (Phi) is 4.18. The minimum absolute atomic E-state index is 0.217. The molecule has 7 nitrogen and oxygen atoms in total. The van der Waals surface area contributed by atoms with E-state index in [4.69, 9.17) is 0 Å². The summed E-state index contributed by atoms with van der Waals surface area (Å²) < 4.78 is 0. The Hall–Kier alpha value is -1.70. The summed E-state index contributed by atoms with van der Waals surface area (Å²) in [6.07, 6.45) is 1.82. The molecule has 0 amide bonds. The predicted molar refractivity (Wildman–Crippen MR) is 61.0 cm³/mol. The molecular weight excluding hydrogens is 234 g/mol. The number of rotatable bonds is 6. The highest BCUT2D eigenvalue weighted by atomic mass is 32.1. The molecule has 0 bridgehead atoms. The van der Waals surface area contributed by atoms with E-state index in [9.17, 15) is 20.2 Å². The molecule has 0 saturated heterocycles. The number of nitrogens with one attached hydrogen (secondary N) is 1. The maximum Gasteiger partial charge on any atom is 0.333 e. The molecular formula is C8H11N3O4S. The summed E-state index contributed by atoms with van der Waals surface area (Å²) in [6, 6.07) is 0.985. The summed E-state index contributed by atoms with van der Waals surface area (Å²) in [5, 5.41) is 24.0. The zero-order valence-corrected chi connectivity index (χ0v) is 9.45. The van der Waals surface area contributed by atoms with Crippen LogP contribution in [0.25, 0.3) is 0 Å². The summed E-state index contributed by atoms with van der Waals surface area (Å²) >= 11 is 0.795. The fourth-order valence-corrected chi connectivity index (χ4v) is 1.97. The number of thiophene rings is 1. The predicted octanol–water partition coefficient (Wildman–Crippen LogP) is 2.78. The molecule has 1 heterocycles. The summed E-state index contributed by atoms with van der Waals surface area (Å²) in [5.74, 6) is 0. The normalized spacial score (nSPS) is 10.1. The average Bonchev–Trinajstić information content (AvgIpc) is 2.62. The van der Waals surface area contributed by atoms with Crippen molar-refractivity contribution in [1.29, 1.82) is 0 Å². The van der Waals surface area contributed by atoms with Crippen molar-refractivity contribution < 1.29 is 9.85 Å². The lowest BCUT2D eigenvalue weighted by Crippen LogP contribution is -2.00. The molecule has 1 aromatic rings. The van der Waals surface area contributed by atoms with E-state index >= 15 is 0 Å². The molecule has 0 spiro atoms. The van der Waals surface area contributed by atoms with Crippen LogP contribution >= 0.6 is 11.3 Å². The van der Waals surface area contributed by atoms with Crippen LogP contribution < -0.4 is 5.32 Å². The first kappa shape index (κ1) is 12.4. The van der Waals surface area contributed by atoms with Gasteiger partial charge in [-0.2, -0.15) is 0 Å². The van der Waals surface area contributed by atoms with Gasteiger partial charge >= 0.3 is 10.7 Å². The van der Waals surface area contributed by atoms with Gasteiger partial charge in [-0.05, 0) is 17.8 Å². The summed E-state index contributed by atoms with van der Waals surface area (Å²) in [4.78, 5) is 19.9. The van der Waals surface area contributed by atoms with Crippen LogP contribution in [0.3, 0.4) is 0 Å². The van der Waals surface area contributed by atoms with Crippen molar-refractivity contribution in [2.75, 3.05) is 11.9 Å². The van der Waals surface area contributed by atoms with E-state index in [1.54, 1.807) is 0 Å². The smallest absolute Gasteiger partial charge is 0.333 e. The first-order valence-corrected chi connectivity index (χ1v) is 5.54. The molecule has 0 unspecified atom stereocenters. The molecule has 8 heteroatoms. The number of hydrogen-bond acceptors (Lipinski definition) is 6. The molecule has 0 aliphatic carbocycles. The Morgan fingerprint density at radius 3 is 2.56 bits per heavy atom. The van der Waals surface area contributed by atoms with Crippen LogP contribution in [0.15, 0.2) is 6.07 Å². The fraction of sp³-hybridized carbons (Fsp3) is 0.500. The maximum atomic E-state index is 10.6. The standard InChI is InChI=1S/C8H11N3O4S/c1-2-3-4-9-8-6(10(12)13)5-7(16-8)11(14)15/h5,9H,2-4H2,1H3. The summed E-state index contributed by atoms with van der Waals surface area (Å²) in [5.41, 5.74) is -0.229. The van der Waals surface area contributed by atoms with Crippen molar-refractivity contribution in [3.8, 4) is 0 Å². The highest BCUT2D eigenvalue weighted by Crippen LogP contribution is 2.38. The van der Waals surface area contributed by atoms with Gasteiger partial charge in [0.15, 0.2) is 5.00 Å². The third-order valence-corrected chi connectivity index (χ3v) is 2.93. The molecule has 1 aromatic heterocycles. The van der Waals surface area contributed by atoms with Crippen molar-refractivity contribution in [3.05, 3.63) is 26.3 Å². The molecule has 88 valence electrons. The average molecular weight is 245 g/mol. The van der Waals surface area contributed by atoms with Gasteiger partial charge in [0.1, 0.15) is 6.07 Å². The van der Waals surface area contributed by atoms with Crippen LogP contribution in [0.5, 0.6) is 0 Å². The Bertz CT molecular complexity index is 404. The zero-order chi connectivity index (χ0) is 12.1. The molecule has 0 aliphatic heterocycles. The molecule has 0 saturated carbocycles. The second kappa shape index (κ2) is 5.40. The second-order valence-electron chi connectivity index (χ2n) is 3.09. The summed E-state index contributed by atoms with van der Waals surface area (Å²) in [6.45, 7) is 2.57. The topological polar surface area (TPSA) is 98.3 Å². The number of nitrogens with zero attached hydrogens (tertiary/aromatic N) is 2. The highest BCUT2D eigenvalue weighted by molar-refractivity contribution is 7.19. The molecule has 16 heavy (non-hydrogen) atoms. The van der Waals surface area contributed by atoms with E-state index in [0.29, 0.717) is 6.54 Å². The Morgan fingerprint density at radius 1 is 1.38 bits per heavy atom. The Morgan fingerprint density at radius 2 is 2.06 bits per heavy atom. The maximum absolute atomic E-state index is 10.6. The molecule has 1 rings (SSSR count). The Labute approximate surface area is 95.4 Å². The minimum atomic E-state index is -0.622. The van der Waals surface area contributed by atoms with Crippen LogP contribution in [-0.4, -0.2) is 16.4 Å². The molecule has 1 N–H and O–H groups in total. The van der Waals surface area contributed by atoms with Crippen molar-refractivity contribution in [1.82, 2.24) is 0 Å². The largest absolute Gasteiger partial charge is 0.371 e. The van der Waals surface area contributed by atoms with Gasteiger partial charge in [-0.25, -0.2) is 0 Å².